The van der Waals surface area contributed by atoms with E-state index in [0.29, 0.717) is 6.42 Å². The van der Waals surface area contributed by atoms with Crippen molar-refractivity contribution in [1.29, 1.82) is 0 Å². The molecular weight excluding hydrogens is 300 g/mol. The van der Waals surface area contributed by atoms with Crippen molar-refractivity contribution in [2.24, 2.45) is 0 Å². The summed E-state index contributed by atoms with van der Waals surface area (Å²) in [7, 11) is 0. The van der Waals surface area contributed by atoms with Crippen LogP contribution >= 0.6 is 0 Å². The van der Waals surface area contributed by atoms with Gasteiger partial charge in [0.15, 0.2) is 0 Å². The Balaban J connectivity index is 1.82. The Kier molecular flexibility index (Phi) is 4.07. The highest BCUT2D eigenvalue weighted by Crippen LogP contribution is 2.38. The van der Waals surface area contributed by atoms with Crippen molar-refractivity contribution in [2.75, 3.05) is 6.61 Å². The number of hydrogen-bond donors (Lipinski definition) is 2. The van der Waals surface area contributed by atoms with Crippen LogP contribution in [0.15, 0.2) is 66.7 Å². The average Bonchev–Trinajstić information content (AvgIpc) is 3.02. The maximum absolute atomic E-state index is 10.0. The van der Waals surface area contributed by atoms with Gasteiger partial charge in [-0.15, -0.1) is 0 Å². The largest absolute Gasteiger partial charge is 0.394 e. The quantitative estimate of drug-likeness (QED) is 0.774. The molecule has 3 aromatic carbocycles. The van der Waals surface area contributed by atoms with Crippen molar-refractivity contribution < 1.29 is 14.9 Å². The van der Waals surface area contributed by atoms with Crippen LogP contribution in [0.25, 0.3) is 21.9 Å². The number of rotatable bonds is 3. The first-order chi connectivity index (χ1) is 11.8. The van der Waals surface area contributed by atoms with Crippen LogP contribution in [0.4, 0.5) is 0 Å². The normalized spacial score (nSPS) is 23.7. The van der Waals surface area contributed by atoms with E-state index in [4.69, 9.17) is 4.74 Å². The minimum Gasteiger partial charge on any atom is -0.394 e. The summed E-state index contributed by atoms with van der Waals surface area (Å²) in [6.07, 6.45) is -0.790. The second-order valence-corrected chi connectivity index (χ2v) is 6.26. The zero-order valence-electron chi connectivity index (χ0n) is 13.3. The lowest BCUT2D eigenvalue weighted by molar-refractivity contribution is -0.0222. The van der Waals surface area contributed by atoms with Gasteiger partial charge in [0.1, 0.15) is 6.10 Å². The predicted octanol–water partition coefficient (Wildman–Crippen LogP) is 3.69. The molecule has 0 bridgehead atoms. The van der Waals surface area contributed by atoms with Crippen molar-refractivity contribution in [1.82, 2.24) is 0 Å². The molecule has 0 unspecified atom stereocenters. The lowest BCUT2D eigenvalue weighted by Crippen LogP contribution is -2.24. The Morgan fingerprint density at radius 3 is 2.38 bits per heavy atom. The number of aliphatic hydroxyl groups excluding tert-OH is 2. The molecule has 3 nitrogen and oxygen atoms in total. The van der Waals surface area contributed by atoms with Gasteiger partial charge >= 0.3 is 0 Å². The topological polar surface area (TPSA) is 49.7 Å². The first-order valence-corrected chi connectivity index (χ1v) is 8.29. The summed E-state index contributed by atoms with van der Waals surface area (Å²) in [4.78, 5) is 0. The fourth-order valence-electron chi connectivity index (χ4n) is 3.58. The Morgan fingerprint density at radius 1 is 0.875 bits per heavy atom. The third kappa shape index (κ3) is 2.61. The zero-order chi connectivity index (χ0) is 16.5. The van der Waals surface area contributed by atoms with Crippen LogP contribution in [0.1, 0.15) is 18.1 Å². The van der Waals surface area contributed by atoms with Gasteiger partial charge in [0.05, 0.1) is 18.8 Å². The molecule has 0 saturated carbocycles. The second-order valence-electron chi connectivity index (χ2n) is 6.26. The second kappa shape index (κ2) is 6.36. The summed E-state index contributed by atoms with van der Waals surface area (Å²) in [5.41, 5.74) is 3.44. The summed E-state index contributed by atoms with van der Waals surface area (Å²) >= 11 is 0. The first kappa shape index (κ1) is 15.3. The SMILES string of the molecule is OC[C@H]1O[C@@H](c2cccc3c(-c4ccccc4)cccc23)C[C@@H]1O. The standard InChI is InChI=1S/C21H20O3/c22-13-21-19(23)12-20(24-21)18-11-5-9-16-15(8-4-10-17(16)18)14-6-2-1-3-7-14/h1-11,19-23H,12-13H2/t19-,20+,21+/m0/s1. The fraction of sp³-hybridized carbons (Fsp3) is 0.238. The van der Waals surface area contributed by atoms with E-state index in [1.54, 1.807) is 0 Å². The molecule has 122 valence electrons. The van der Waals surface area contributed by atoms with E-state index in [1.807, 2.05) is 30.3 Å². The lowest BCUT2D eigenvalue weighted by atomic mass is 9.93. The Bertz CT molecular complexity index is 844. The molecule has 3 aromatic rings. The van der Waals surface area contributed by atoms with Gasteiger partial charge in [-0.25, -0.2) is 0 Å². The van der Waals surface area contributed by atoms with Gasteiger partial charge in [-0.2, -0.15) is 0 Å². The molecular formula is C21H20O3. The molecule has 3 atom stereocenters. The molecule has 0 amide bonds. The van der Waals surface area contributed by atoms with Crippen LogP contribution in [0.3, 0.4) is 0 Å². The van der Waals surface area contributed by atoms with Crippen molar-refractivity contribution in [3.05, 3.63) is 72.3 Å². The maximum Gasteiger partial charge on any atom is 0.107 e. The van der Waals surface area contributed by atoms with Gasteiger partial charge in [-0.3, -0.25) is 0 Å². The third-order valence-corrected chi connectivity index (χ3v) is 4.79. The van der Waals surface area contributed by atoms with Crippen LogP contribution in [-0.4, -0.2) is 29.0 Å². The number of hydrogen-bond acceptors (Lipinski definition) is 3. The number of ether oxygens (including phenoxy) is 1. The highest BCUT2D eigenvalue weighted by molar-refractivity contribution is 5.98. The first-order valence-electron chi connectivity index (χ1n) is 8.29. The molecule has 3 heteroatoms. The van der Waals surface area contributed by atoms with E-state index in [9.17, 15) is 10.2 Å². The van der Waals surface area contributed by atoms with E-state index < -0.39 is 12.2 Å². The van der Waals surface area contributed by atoms with Crippen LogP contribution in [0.2, 0.25) is 0 Å². The van der Waals surface area contributed by atoms with E-state index in [-0.39, 0.29) is 12.7 Å². The van der Waals surface area contributed by atoms with E-state index in [2.05, 4.69) is 36.4 Å². The minimum atomic E-state index is -0.618. The molecule has 1 fully saturated rings. The Morgan fingerprint density at radius 2 is 1.62 bits per heavy atom. The molecule has 1 aliphatic heterocycles. The molecule has 0 spiro atoms. The summed E-state index contributed by atoms with van der Waals surface area (Å²) in [6, 6.07) is 22.8. The van der Waals surface area contributed by atoms with Crippen molar-refractivity contribution in [2.45, 2.75) is 24.7 Å². The monoisotopic (exact) mass is 320 g/mol. The third-order valence-electron chi connectivity index (χ3n) is 4.79. The van der Waals surface area contributed by atoms with E-state index in [1.165, 1.54) is 16.5 Å². The highest BCUT2D eigenvalue weighted by atomic mass is 16.5. The van der Waals surface area contributed by atoms with Gasteiger partial charge < -0.3 is 14.9 Å². The zero-order valence-corrected chi connectivity index (χ0v) is 13.3. The number of fused-ring (bicyclic) bond motifs is 1. The lowest BCUT2D eigenvalue weighted by Gasteiger charge is -2.16. The smallest absolute Gasteiger partial charge is 0.107 e. The molecule has 24 heavy (non-hydrogen) atoms. The van der Waals surface area contributed by atoms with Crippen molar-refractivity contribution in [3.63, 3.8) is 0 Å². The van der Waals surface area contributed by atoms with Crippen molar-refractivity contribution in [3.8, 4) is 11.1 Å². The van der Waals surface area contributed by atoms with Crippen LogP contribution in [-0.2, 0) is 4.74 Å². The molecule has 1 aliphatic rings. The van der Waals surface area contributed by atoms with Gasteiger partial charge in [-0.1, -0.05) is 66.7 Å². The van der Waals surface area contributed by atoms with E-state index in [0.717, 1.165) is 10.9 Å². The average molecular weight is 320 g/mol. The summed E-state index contributed by atoms with van der Waals surface area (Å²) in [5.74, 6) is 0. The van der Waals surface area contributed by atoms with Crippen LogP contribution < -0.4 is 0 Å². The fourth-order valence-corrected chi connectivity index (χ4v) is 3.58. The molecule has 2 N–H and O–H groups in total. The van der Waals surface area contributed by atoms with Gasteiger partial charge in [0.2, 0.25) is 0 Å². The summed E-state index contributed by atoms with van der Waals surface area (Å²) in [6.45, 7) is -0.155. The summed E-state index contributed by atoms with van der Waals surface area (Å²) in [5, 5.41) is 21.7. The van der Waals surface area contributed by atoms with Crippen LogP contribution in [0.5, 0.6) is 0 Å². The Hall–Kier alpha value is -2.20. The molecule has 0 radical (unpaired) electrons. The van der Waals surface area contributed by atoms with Gasteiger partial charge in [-0.05, 0) is 27.5 Å². The number of aliphatic hydroxyl groups is 2. The van der Waals surface area contributed by atoms with E-state index >= 15 is 0 Å². The Labute approximate surface area is 141 Å². The molecule has 1 heterocycles. The maximum atomic E-state index is 10.0. The molecule has 4 rings (SSSR count). The molecule has 1 saturated heterocycles. The number of benzene rings is 3. The summed E-state index contributed by atoms with van der Waals surface area (Å²) < 4.78 is 5.86. The molecule has 0 aliphatic carbocycles. The van der Waals surface area contributed by atoms with Gasteiger partial charge in [0, 0.05) is 6.42 Å². The highest BCUT2D eigenvalue weighted by Gasteiger charge is 2.34. The van der Waals surface area contributed by atoms with Crippen molar-refractivity contribution >= 4 is 10.8 Å². The predicted molar refractivity (Wildman–Crippen MR) is 94.7 cm³/mol. The van der Waals surface area contributed by atoms with Crippen LogP contribution in [0, 0.1) is 0 Å². The minimum absolute atomic E-state index is 0.155. The van der Waals surface area contributed by atoms with Gasteiger partial charge in [0.25, 0.3) is 0 Å². The molecule has 0 aromatic heterocycles.